The quantitative estimate of drug-likeness (QED) is 0.385. The van der Waals surface area contributed by atoms with E-state index in [1.54, 1.807) is 6.26 Å². The standard InChI is InChI=1S/C28H30N4O2/c1-17(2)21-7-5-6-8-23(21)26-30-24-12-14-34-25(24)27(31-26)29-16-19-9-10-22-20(15-19)11-13-32(18(3)4)28(22)33/h5-10,12,14-15,17-18H,11,13,16H2,1-4H3,(H,29,30,31). The highest BCUT2D eigenvalue weighted by atomic mass is 16.3. The van der Waals surface area contributed by atoms with E-state index in [0.717, 1.165) is 40.7 Å². The molecule has 4 aromatic rings. The van der Waals surface area contributed by atoms with Crippen LogP contribution in [0.1, 0.15) is 60.7 Å². The van der Waals surface area contributed by atoms with Gasteiger partial charge in [-0.3, -0.25) is 4.79 Å². The summed E-state index contributed by atoms with van der Waals surface area (Å²) in [6, 6.07) is 16.5. The molecule has 0 saturated carbocycles. The van der Waals surface area contributed by atoms with Crippen LogP contribution in [0.2, 0.25) is 0 Å². The molecular formula is C28H30N4O2. The van der Waals surface area contributed by atoms with E-state index >= 15 is 0 Å². The molecule has 1 amide bonds. The van der Waals surface area contributed by atoms with Crippen molar-refractivity contribution in [2.45, 2.75) is 52.6 Å². The highest BCUT2D eigenvalue weighted by Crippen LogP contribution is 2.31. The molecule has 5 rings (SSSR count). The van der Waals surface area contributed by atoms with Gasteiger partial charge in [0.05, 0.1) is 6.26 Å². The van der Waals surface area contributed by atoms with E-state index < -0.39 is 0 Å². The van der Waals surface area contributed by atoms with Gasteiger partial charge in [-0.15, -0.1) is 0 Å². The molecule has 34 heavy (non-hydrogen) atoms. The van der Waals surface area contributed by atoms with E-state index in [-0.39, 0.29) is 11.9 Å². The first-order valence-corrected chi connectivity index (χ1v) is 11.9. The minimum Gasteiger partial charge on any atom is -0.459 e. The second-order valence-corrected chi connectivity index (χ2v) is 9.46. The van der Waals surface area contributed by atoms with Crippen molar-refractivity contribution in [1.82, 2.24) is 14.9 Å². The van der Waals surface area contributed by atoms with Crippen molar-refractivity contribution in [3.8, 4) is 11.4 Å². The molecule has 0 bridgehead atoms. The fraction of sp³-hybridized carbons (Fsp3) is 0.321. The smallest absolute Gasteiger partial charge is 0.254 e. The van der Waals surface area contributed by atoms with Gasteiger partial charge < -0.3 is 14.6 Å². The third-order valence-corrected chi connectivity index (χ3v) is 6.49. The van der Waals surface area contributed by atoms with Crippen molar-refractivity contribution >= 4 is 22.8 Å². The van der Waals surface area contributed by atoms with Crippen LogP contribution in [0.3, 0.4) is 0 Å². The maximum absolute atomic E-state index is 12.8. The monoisotopic (exact) mass is 454 g/mol. The zero-order valence-electron chi connectivity index (χ0n) is 20.1. The van der Waals surface area contributed by atoms with Gasteiger partial charge in [-0.25, -0.2) is 9.97 Å². The number of nitrogens with zero attached hydrogens (tertiary/aromatic N) is 3. The molecule has 0 radical (unpaired) electrons. The molecule has 1 aliphatic heterocycles. The zero-order chi connectivity index (χ0) is 23.8. The molecule has 0 aliphatic carbocycles. The summed E-state index contributed by atoms with van der Waals surface area (Å²) in [6.45, 7) is 9.81. The lowest BCUT2D eigenvalue weighted by molar-refractivity contribution is 0.0688. The normalized spacial score (nSPS) is 13.7. The Morgan fingerprint density at radius 1 is 1.03 bits per heavy atom. The highest BCUT2D eigenvalue weighted by Gasteiger charge is 2.26. The van der Waals surface area contributed by atoms with Gasteiger partial charge in [-0.2, -0.15) is 0 Å². The third-order valence-electron chi connectivity index (χ3n) is 6.49. The Labute approximate surface area is 200 Å². The molecule has 0 spiro atoms. The summed E-state index contributed by atoms with van der Waals surface area (Å²) < 4.78 is 5.71. The molecule has 0 fully saturated rings. The Bertz CT molecular complexity index is 1360. The fourth-order valence-corrected chi connectivity index (χ4v) is 4.66. The molecule has 2 aromatic heterocycles. The first-order chi connectivity index (χ1) is 16.4. The van der Waals surface area contributed by atoms with Gasteiger partial charge in [-0.05, 0) is 48.9 Å². The third kappa shape index (κ3) is 4.04. The molecule has 6 heteroatoms. The van der Waals surface area contributed by atoms with E-state index in [9.17, 15) is 4.79 Å². The van der Waals surface area contributed by atoms with E-state index in [4.69, 9.17) is 14.4 Å². The van der Waals surface area contributed by atoms with Gasteiger partial charge >= 0.3 is 0 Å². The van der Waals surface area contributed by atoms with Crippen molar-refractivity contribution in [3.05, 3.63) is 77.0 Å². The molecule has 1 N–H and O–H groups in total. The Kier molecular flexibility index (Phi) is 5.82. The number of fused-ring (bicyclic) bond motifs is 2. The van der Waals surface area contributed by atoms with Crippen molar-refractivity contribution < 1.29 is 9.21 Å². The Hall–Kier alpha value is -3.67. The molecule has 0 saturated heterocycles. The topological polar surface area (TPSA) is 71.3 Å². The lowest BCUT2D eigenvalue weighted by atomic mass is 9.96. The molecule has 174 valence electrons. The SMILES string of the molecule is CC(C)c1ccccc1-c1nc(NCc2ccc3c(c2)CCN(C(C)C)C3=O)c2occc2n1. The Morgan fingerprint density at radius 3 is 2.65 bits per heavy atom. The molecular weight excluding hydrogens is 424 g/mol. The molecule has 0 atom stereocenters. The van der Waals surface area contributed by atoms with Crippen LogP contribution in [0.25, 0.3) is 22.5 Å². The Balaban J connectivity index is 1.44. The van der Waals surface area contributed by atoms with Crippen LogP contribution < -0.4 is 5.32 Å². The predicted molar refractivity (Wildman–Crippen MR) is 135 cm³/mol. The van der Waals surface area contributed by atoms with Crippen molar-refractivity contribution in [2.24, 2.45) is 0 Å². The number of nitrogens with one attached hydrogen (secondary N) is 1. The van der Waals surface area contributed by atoms with Gasteiger partial charge in [0.2, 0.25) is 0 Å². The van der Waals surface area contributed by atoms with E-state index in [0.29, 0.717) is 29.7 Å². The average molecular weight is 455 g/mol. The van der Waals surface area contributed by atoms with Crippen LogP contribution in [0, 0.1) is 0 Å². The maximum atomic E-state index is 12.8. The summed E-state index contributed by atoms with van der Waals surface area (Å²) in [5.41, 5.74) is 6.69. The number of anilines is 1. The number of hydrogen-bond donors (Lipinski definition) is 1. The maximum Gasteiger partial charge on any atom is 0.254 e. The van der Waals surface area contributed by atoms with Crippen LogP contribution >= 0.6 is 0 Å². The lowest BCUT2D eigenvalue weighted by Crippen LogP contribution is -2.42. The van der Waals surface area contributed by atoms with Crippen LogP contribution in [0.15, 0.2) is 59.2 Å². The van der Waals surface area contributed by atoms with Gasteiger partial charge in [0.25, 0.3) is 5.91 Å². The van der Waals surface area contributed by atoms with Gasteiger partial charge in [-0.1, -0.05) is 50.2 Å². The van der Waals surface area contributed by atoms with E-state index in [1.807, 2.05) is 29.2 Å². The van der Waals surface area contributed by atoms with Crippen LogP contribution in [0.5, 0.6) is 0 Å². The number of carbonyl (C=O) groups is 1. The molecule has 6 nitrogen and oxygen atoms in total. The number of furan rings is 1. The summed E-state index contributed by atoms with van der Waals surface area (Å²) in [6.07, 6.45) is 2.52. The predicted octanol–water partition coefficient (Wildman–Crippen LogP) is 6.03. The largest absolute Gasteiger partial charge is 0.459 e. The number of aromatic nitrogens is 2. The van der Waals surface area contributed by atoms with Crippen molar-refractivity contribution in [3.63, 3.8) is 0 Å². The minimum absolute atomic E-state index is 0.123. The van der Waals surface area contributed by atoms with Gasteiger partial charge in [0.1, 0.15) is 5.52 Å². The molecule has 3 heterocycles. The van der Waals surface area contributed by atoms with Crippen molar-refractivity contribution in [2.75, 3.05) is 11.9 Å². The summed E-state index contributed by atoms with van der Waals surface area (Å²) in [5, 5.41) is 3.45. The summed E-state index contributed by atoms with van der Waals surface area (Å²) in [5.74, 6) is 1.84. The molecule has 2 aromatic carbocycles. The van der Waals surface area contributed by atoms with Crippen LogP contribution in [-0.2, 0) is 13.0 Å². The number of amides is 1. The first kappa shape index (κ1) is 22.1. The minimum atomic E-state index is 0.123. The van der Waals surface area contributed by atoms with Gasteiger partial charge in [0.15, 0.2) is 17.2 Å². The van der Waals surface area contributed by atoms with E-state index in [1.165, 1.54) is 5.56 Å². The van der Waals surface area contributed by atoms with Crippen molar-refractivity contribution in [1.29, 1.82) is 0 Å². The molecule has 0 unspecified atom stereocenters. The Morgan fingerprint density at radius 2 is 1.85 bits per heavy atom. The summed E-state index contributed by atoms with van der Waals surface area (Å²) in [4.78, 5) is 24.3. The highest BCUT2D eigenvalue weighted by molar-refractivity contribution is 5.97. The lowest BCUT2D eigenvalue weighted by Gasteiger charge is -2.32. The second-order valence-electron chi connectivity index (χ2n) is 9.46. The number of carbonyl (C=O) groups excluding carboxylic acids is 1. The number of rotatable bonds is 6. The zero-order valence-corrected chi connectivity index (χ0v) is 20.1. The van der Waals surface area contributed by atoms with E-state index in [2.05, 4.69) is 57.3 Å². The first-order valence-electron chi connectivity index (χ1n) is 11.9. The van der Waals surface area contributed by atoms with Gasteiger partial charge in [0, 0.05) is 36.3 Å². The summed E-state index contributed by atoms with van der Waals surface area (Å²) in [7, 11) is 0. The second kappa shape index (κ2) is 8.93. The van der Waals surface area contributed by atoms with Crippen LogP contribution in [0.4, 0.5) is 5.82 Å². The fourth-order valence-electron chi connectivity index (χ4n) is 4.66. The number of hydrogen-bond acceptors (Lipinski definition) is 5. The average Bonchev–Trinajstić information content (AvgIpc) is 3.31. The molecule has 1 aliphatic rings. The summed E-state index contributed by atoms with van der Waals surface area (Å²) >= 11 is 0. The van der Waals surface area contributed by atoms with Crippen LogP contribution in [-0.4, -0.2) is 33.4 Å². The number of benzene rings is 2.